The molecule has 4 N–H and O–H groups in total. The van der Waals surface area contributed by atoms with Crippen molar-refractivity contribution in [2.75, 3.05) is 5.32 Å². The molecule has 0 unspecified atom stereocenters. The summed E-state index contributed by atoms with van der Waals surface area (Å²) >= 11 is 0. The first kappa shape index (κ1) is 20.9. The minimum atomic E-state index is -0.700. The Labute approximate surface area is 176 Å². The Morgan fingerprint density at radius 2 is 1.63 bits per heavy atom. The van der Waals surface area contributed by atoms with E-state index in [0.29, 0.717) is 17.2 Å². The number of primary amides is 1. The van der Waals surface area contributed by atoms with Gasteiger partial charge >= 0.3 is 6.03 Å². The summed E-state index contributed by atoms with van der Waals surface area (Å²) in [6.45, 7) is 2.07. The maximum atomic E-state index is 12.6. The molecule has 3 amide bonds. The maximum Gasteiger partial charge on any atom is 0.312 e. The van der Waals surface area contributed by atoms with Crippen molar-refractivity contribution in [2.45, 2.75) is 25.8 Å². The fourth-order valence-corrected chi connectivity index (χ4v) is 3.06. The number of aryl methyl sites for hydroxylation is 1. The average Bonchev–Trinajstić information content (AvgIpc) is 2.74. The summed E-state index contributed by atoms with van der Waals surface area (Å²) in [6.07, 6.45) is 0.966. The highest BCUT2D eigenvalue weighted by Gasteiger charge is 2.18. The van der Waals surface area contributed by atoms with Crippen molar-refractivity contribution in [3.8, 4) is 11.5 Å². The van der Waals surface area contributed by atoms with Crippen LogP contribution in [0.5, 0.6) is 11.5 Å². The van der Waals surface area contributed by atoms with Crippen molar-refractivity contribution in [3.05, 3.63) is 90.0 Å². The zero-order valence-electron chi connectivity index (χ0n) is 16.8. The van der Waals surface area contributed by atoms with Crippen LogP contribution in [0.4, 0.5) is 10.5 Å². The van der Waals surface area contributed by atoms with E-state index in [2.05, 4.69) is 17.6 Å². The molecular formula is C24H25N3O3. The predicted molar refractivity (Wildman–Crippen MR) is 117 cm³/mol. The van der Waals surface area contributed by atoms with Crippen molar-refractivity contribution in [2.24, 2.45) is 5.73 Å². The molecule has 0 bridgehead atoms. The Morgan fingerprint density at radius 3 is 2.30 bits per heavy atom. The number of nitrogens with two attached hydrogens (primary N) is 1. The highest BCUT2D eigenvalue weighted by atomic mass is 16.5. The molecule has 0 radical (unpaired) electrons. The van der Waals surface area contributed by atoms with Crippen molar-refractivity contribution in [3.63, 3.8) is 0 Å². The molecule has 0 heterocycles. The number of rotatable bonds is 8. The molecule has 6 nitrogen and oxygen atoms in total. The molecule has 1 atom stereocenters. The molecule has 30 heavy (non-hydrogen) atoms. The van der Waals surface area contributed by atoms with Crippen LogP contribution in [0, 0.1) is 0 Å². The number of amides is 3. The second-order valence-corrected chi connectivity index (χ2v) is 6.85. The van der Waals surface area contributed by atoms with Crippen LogP contribution in [0.2, 0.25) is 0 Å². The highest BCUT2D eigenvalue weighted by molar-refractivity contribution is 5.91. The van der Waals surface area contributed by atoms with Crippen LogP contribution in [0.3, 0.4) is 0 Å². The number of para-hydroxylation sites is 1. The SMILES string of the molecule is CCc1ccc(NC(=O)C[C@H](NC(N)=O)c2cccc(Oc3ccccc3)c2)cc1. The van der Waals surface area contributed by atoms with Gasteiger partial charge in [0.1, 0.15) is 11.5 Å². The lowest BCUT2D eigenvalue weighted by Crippen LogP contribution is -2.35. The molecule has 0 aromatic heterocycles. The summed E-state index contributed by atoms with van der Waals surface area (Å²) in [5.41, 5.74) is 7.96. The molecule has 154 valence electrons. The van der Waals surface area contributed by atoms with E-state index >= 15 is 0 Å². The largest absolute Gasteiger partial charge is 0.457 e. The molecular weight excluding hydrogens is 378 g/mol. The lowest BCUT2D eigenvalue weighted by atomic mass is 10.0. The zero-order chi connectivity index (χ0) is 21.3. The van der Waals surface area contributed by atoms with Gasteiger partial charge in [-0.15, -0.1) is 0 Å². The van der Waals surface area contributed by atoms with Gasteiger partial charge in [-0.2, -0.15) is 0 Å². The van der Waals surface area contributed by atoms with Crippen molar-refractivity contribution < 1.29 is 14.3 Å². The van der Waals surface area contributed by atoms with Gasteiger partial charge in [0, 0.05) is 5.69 Å². The van der Waals surface area contributed by atoms with Gasteiger partial charge in [-0.3, -0.25) is 4.79 Å². The molecule has 3 rings (SSSR count). The second-order valence-electron chi connectivity index (χ2n) is 6.85. The molecule has 3 aromatic carbocycles. The van der Waals surface area contributed by atoms with Gasteiger partial charge in [0.05, 0.1) is 12.5 Å². The number of hydrogen-bond donors (Lipinski definition) is 3. The van der Waals surface area contributed by atoms with Gasteiger partial charge in [-0.05, 0) is 53.9 Å². The minimum absolute atomic E-state index is 0.0350. The van der Waals surface area contributed by atoms with Crippen molar-refractivity contribution >= 4 is 17.6 Å². The van der Waals surface area contributed by atoms with E-state index < -0.39 is 12.1 Å². The fraction of sp³-hybridized carbons (Fsp3) is 0.167. The molecule has 0 spiro atoms. The summed E-state index contributed by atoms with van der Waals surface area (Å²) in [5.74, 6) is 1.07. The number of urea groups is 1. The summed E-state index contributed by atoms with van der Waals surface area (Å²) in [6, 6.07) is 23.0. The lowest BCUT2D eigenvalue weighted by molar-refractivity contribution is -0.116. The molecule has 0 saturated carbocycles. The Hall–Kier alpha value is -3.80. The van der Waals surface area contributed by atoms with E-state index in [4.69, 9.17) is 10.5 Å². The van der Waals surface area contributed by atoms with Crippen molar-refractivity contribution in [1.29, 1.82) is 0 Å². The number of ether oxygens (including phenoxy) is 1. The Kier molecular flexibility index (Phi) is 7.05. The first-order valence-corrected chi connectivity index (χ1v) is 9.81. The van der Waals surface area contributed by atoms with Crippen LogP contribution < -0.4 is 21.1 Å². The van der Waals surface area contributed by atoms with E-state index in [9.17, 15) is 9.59 Å². The summed E-state index contributed by atoms with van der Waals surface area (Å²) in [4.78, 5) is 24.1. The molecule has 0 aliphatic heterocycles. The molecule has 0 aliphatic rings. The van der Waals surface area contributed by atoms with Crippen LogP contribution in [-0.4, -0.2) is 11.9 Å². The van der Waals surface area contributed by atoms with Gasteiger partial charge in [0.2, 0.25) is 5.91 Å². The third kappa shape index (κ3) is 6.10. The smallest absolute Gasteiger partial charge is 0.312 e. The van der Waals surface area contributed by atoms with Crippen molar-refractivity contribution in [1.82, 2.24) is 5.32 Å². The van der Waals surface area contributed by atoms with Gasteiger partial charge in [0.15, 0.2) is 0 Å². The van der Waals surface area contributed by atoms with E-state index in [1.165, 1.54) is 5.56 Å². The van der Waals surface area contributed by atoms with E-state index in [0.717, 1.165) is 12.0 Å². The highest BCUT2D eigenvalue weighted by Crippen LogP contribution is 2.26. The average molecular weight is 403 g/mol. The van der Waals surface area contributed by atoms with Crippen LogP contribution in [0.15, 0.2) is 78.9 Å². The summed E-state index contributed by atoms with van der Waals surface area (Å²) in [7, 11) is 0. The number of benzene rings is 3. The number of hydrogen-bond acceptors (Lipinski definition) is 3. The third-order valence-electron chi connectivity index (χ3n) is 4.59. The predicted octanol–water partition coefficient (Wildman–Crippen LogP) is 4.78. The van der Waals surface area contributed by atoms with Crippen LogP contribution in [0.1, 0.15) is 30.5 Å². The Balaban J connectivity index is 1.72. The molecule has 6 heteroatoms. The first-order valence-electron chi connectivity index (χ1n) is 9.81. The Morgan fingerprint density at radius 1 is 0.933 bits per heavy atom. The Bertz CT molecular complexity index is 988. The van der Waals surface area contributed by atoms with E-state index in [-0.39, 0.29) is 12.3 Å². The van der Waals surface area contributed by atoms with Gasteiger partial charge in [-0.1, -0.05) is 49.4 Å². The monoisotopic (exact) mass is 403 g/mol. The summed E-state index contributed by atoms with van der Waals surface area (Å²) < 4.78 is 5.85. The van der Waals surface area contributed by atoms with Crippen LogP contribution >= 0.6 is 0 Å². The normalized spacial score (nSPS) is 11.4. The fourth-order valence-electron chi connectivity index (χ4n) is 3.06. The standard InChI is InChI=1S/C24H25N3O3/c1-2-17-11-13-19(14-12-17)26-23(28)16-22(27-24(25)29)18-7-6-10-21(15-18)30-20-8-4-3-5-9-20/h3-15,22H,2,16H2,1H3,(H,26,28)(H3,25,27,29)/t22-/m0/s1. The summed E-state index contributed by atoms with van der Waals surface area (Å²) in [5, 5.41) is 5.50. The second kappa shape index (κ2) is 10.1. The number of carbonyl (C=O) groups is 2. The number of anilines is 1. The van der Waals surface area contributed by atoms with Gasteiger partial charge in [-0.25, -0.2) is 4.79 Å². The third-order valence-corrected chi connectivity index (χ3v) is 4.59. The molecule has 0 fully saturated rings. The maximum absolute atomic E-state index is 12.6. The van der Waals surface area contributed by atoms with Gasteiger partial charge < -0.3 is 21.1 Å². The van der Waals surface area contributed by atoms with Gasteiger partial charge in [0.25, 0.3) is 0 Å². The molecule has 0 saturated heterocycles. The number of nitrogens with one attached hydrogen (secondary N) is 2. The lowest BCUT2D eigenvalue weighted by Gasteiger charge is -2.19. The van der Waals surface area contributed by atoms with E-state index in [1.807, 2.05) is 72.8 Å². The topological polar surface area (TPSA) is 93.5 Å². The molecule has 0 aliphatic carbocycles. The zero-order valence-corrected chi connectivity index (χ0v) is 16.8. The molecule has 3 aromatic rings. The number of carbonyl (C=O) groups excluding carboxylic acids is 2. The quantitative estimate of drug-likeness (QED) is 0.505. The minimum Gasteiger partial charge on any atom is -0.457 e. The first-order chi connectivity index (χ1) is 14.5. The van der Waals surface area contributed by atoms with E-state index in [1.54, 1.807) is 6.07 Å². The van der Waals surface area contributed by atoms with Crippen LogP contribution in [0.25, 0.3) is 0 Å². The van der Waals surface area contributed by atoms with Crippen LogP contribution in [-0.2, 0) is 11.2 Å².